The summed E-state index contributed by atoms with van der Waals surface area (Å²) in [5.74, 6) is -0.0306. The first-order chi connectivity index (χ1) is 8.04. The van der Waals surface area contributed by atoms with Crippen LogP contribution in [0.5, 0.6) is 0 Å². The number of hydrogen-bond acceptors (Lipinski definition) is 4. The summed E-state index contributed by atoms with van der Waals surface area (Å²) in [7, 11) is 0. The summed E-state index contributed by atoms with van der Waals surface area (Å²) < 4.78 is 0. The summed E-state index contributed by atoms with van der Waals surface area (Å²) in [6, 6.07) is 0. The molecule has 1 heterocycles. The fraction of sp³-hybridized carbons (Fsp3) is 0.545. The van der Waals surface area contributed by atoms with E-state index < -0.39 is 5.41 Å². The third-order valence-corrected chi connectivity index (χ3v) is 4.20. The predicted octanol–water partition coefficient (Wildman–Crippen LogP) is 1.18. The monoisotopic (exact) mass is 269 g/mol. The van der Waals surface area contributed by atoms with Crippen molar-refractivity contribution in [3.05, 3.63) is 16.1 Å². The summed E-state index contributed by atoms with van der Waals surface area (Å²) in [6.45, 7) is 2.56. The number of hydrogen-bond donors (Lipinski definition) is 2. The van der Waals surface area contributed by atoms with Crippen LogP contribution in [-0.2, 0) is 11.2 Å². The maximum absolute atomic E-state index is 11.9. The van der Waals surface area contributed by atoms with E-state index in [0.29, 0.717) is 11.5 Å². The number of nitrogens with zero attached hydrogens (tertiary/aromatic N) is 1. The number of thiocarbonyl (C=S) groups is 1. The first-order valence-electron chi connectivity index (χ1n) is 5.54. The summed E-state index contributed by atoms with van der Waals surface area (Å²) in [5, 5.41) is 5.95. The summed E-state index contributed by atoms with van der Waals surface area (Å²) >= 11 is 6.55. The summed E-state index contributed by atoms with van der Waals surface area (Å²) in [4.78, 5) is 16.5. The van der Waals surface area contributed by atoms with Gasteiger partial charge >= 0.3 is 0 Å². The number of aromatic nitrogens is 1. The maximum atomic E-state index is 11.9. The van der Waals surface area contributed by atoms with E-state index in [-0.39, 0.29) is 5.91 Å². The van der Waals surface area contributed by atoms with Gasteiger partial charge in [0.2, 0.25) is 5.91 Å². The van der Waals surface area contributed by atoms with E-state index in [1.807, 2.05) is 12.3 Å². The molecule has 0 aromatic carbocycles. The van der Waals surface area contributed by atoms with E-state index in [1.165, 1.54) is 0 Å². The van der Waals surface area contributed by atoms with Gasteiger partial charge in [0.1, 0.15) is 0 Å². The zero-order chi connectivity index (χ0) is 12.5. The number of nitrogens with one attached hydrogen (secondary N) is 1. The van der Waals surface area contributed by atoms with Crippen LogP contribution in [0, 0.1) is 12.3 Å². The molecule has 2 rings (SSSR count). The number of aryl methyl sites for hydroxylation is 1. The predicted molar refractivity (Wildman–Crippen MR) is 72.0 cm³/mol. The Bertz CT molecular complexity index is 451. The van der Waals surface area contributed by atoms with Gasteiger partial charge in [-0.1, -0.05) is 12.2 Å². The van der Waals surface area contributed by atoms with Crippen LogP contribution in [0.1, 0.15) is 23.5 Å². The molecular weight excluding hydrogens is 254 g/mol. The van der Waals surface area contributed by atoms with Crippen LogP contribution in [0.2, 0.25) is 0 Å². The van der Waals surface area contributed by atoms with Crippen LogP contribution in [0.25, 0.3) is 0 Å². The first-order valence-corrected chi connectivity index (χ1v) is 6.82. The lowest BCUT2D eigenvalue weighted by Crippen LogP contribution is -2.40. The fourth-order valence-corrected chi connectivity index (χ4v) is 2.65. The summed E-state index contributed by atoms with van der Waals surface area (Å²) in [5.41, 5.74) is 6.05. The molecule has 0 saturated heterocycles. The Hall–Kier alpha value is -1.01. The van der Waals surface area contributed by atoms with Crippen LogP contribution in [0.15, 0.2) is 5.38 Å². The normalized spacial score (nSPS) is 16.5. The zero-order valence-corrected chi connectivity index (χ0v) is 11.3. The molecule has 0 bridgehead atoms. The third-order valence-electron chi connectivity index (χ3n) is 2.99. The van der Waals surface area contributed by atoms with Crippen LogP contribution >= 0.6 is 23.6 Å². The van der Waals surface area contributed by atoms with Gasteiger partial charge in [0, 0.05) is 18.3 Å². The molecule has 1 aliphatic rings. The minimum absolute atomic E-state index is 0.0306. The Morgan fingerprint density at radius 2 is 2.41 bits per heavy atom. The second-order valence-corrected chi connectivity index (χ2v) is 5.81. The van der Waals surface area contributed by atoms with E-state index in [9.17, 15) is 4.79 Å². The van der Waals surface area contributed by atoms with E-state index in [4.69, 9.17) is 18.0 Å². The molecule has 1 saturated carbocycles. The highest BCUT2D eigenvalue weighted by atomic mass is 32.1. The van der Waals surface area contributed by atoms with Gasteiger partial charge in [-0.25, -0.2) is 4.98 Å². The van der Waals surface area contributed by atoms with Gasteiger partial charge in [0.25, 0.3) is 0 Å². The van der Waals surface area contributed by atoms with Crippen LogP contribution in [0.3, 0.4) is 0 Å². The molecule has 17 heavy (non-hydrogen) atoms. The number of carbonyl (C=O) groups excluding carboxylic acids is 1. The van der Waals surface area contributed by atoms with Gasteiger partial charge in [-0.2, -0.15) is 0 Å². The van der Waals surface area contributed by atoms with Crippen molar-refractivity contribution < 1.29 is 4.79 Å². The smallest absolute Gasteiger partial charge is 0.233 e. The lowest BCUT2D eigenvalue weighted by Gasteiger charge is -2.12. The molecule has 0 unspecified atom stereocenters. The molecule has 0 atom stereocenters. The molecule has 1 aromatic rings. The molecule has 0 spiro atoms. The van der Waals surface area contributed by atoms with E-state index in [2.05, 4.69) is 10.3 Å². The van der Waals surface area contributed by atoms with Crippen molar-refractivity contribution in [3.63, 3.8) is 0 Å². The average molecular weight is 269 g/mol. The molecule has 1 fully saturated rings. The summed E-state index contributed by atoms with van der Waals surface area (Å²) in [6.07, 6.45) is 2.32. The highest BCUT2D eigenvalue weighted by Gasteiger charge is 2.52. The highest BCUT2D eigenvalue weighted by molar-refractivity contribution is 7.80. The first kappa shape index (κ1) is 12.4. The molecule has 1 amide bonds. The number of carbonyl (C=O) groups is 1. The van der Waals surface area contributed by atoms with E-state index in [0.717, 1.165) is 30.0 Å². The Morgan fingerprint density at radius 3 is 2.88 bits per heavy atom. The third kappa shape index (κ3) is 2.63. The minimum Gasteiger partial charge on any atom is -0.392 e. The molecule has 6 heteroatoms. The lowest BCUT2D eigenvalue weighted by molar-refractivity contribution is -0.123. The largest absolute Gasteiger partial charge is 0.392 e. The Kier molecular flexibility index (Phi) is 3.44. The van der Waals surface area contributed by atoms with Gasteiger partial charge in [-0.3, -0.25) is 4.79 Å². The maximum Gasteiger partial charge on any atom is 0.233 e. The second-order valence-electron chi connectivity index (χ2n) is 4.31. The highest BCUT2D eigenvalue weighted by Crippen LogP contribution is 2.46. The van der Waals surface area contributed by atoms with E-state index >= 15 is 0 Å². The van der Waals surface area contributed by atoms with Crippen molar-refractivity contribution in [1.29, 1.82) is 0 Å². The minimum atomic E-state index is -0.548. The number of amides is 1. The van der Waals surface area contributed by atoms with Gasteiger partial charge < -0.3 is 11.1 Å². The molecule has 3 N–H and O–H groups in total. The lowest BCUT2D eigenvalue weighted by atomic mass is 10.1. The molecule has 1 aromatic heterocycles. The molecule has 0 radical (unpaired) electrons. The fourth-order valence-electron chi connectivity index (χ4n) is 1.71. The Labute approximate surface area is 110 Å². The van der Waals surface area contributed by atoms with Gasteiger partial charge in [0.15, 0.2) is 0 Å². The van der Waals surface area contributed by atoms with Crippen LogP contribution in [-0.4, -0.2) is 22.4 Å². The van der Waals surface area contributed by atoms with Gasteiger partial charge in [-0.15, -0.1) is 11.3 Å². The van der Waals surface area contributed by atoms with Crippen molar-refractivity contribution in [1.82, 2.24) is 10.3 Å². The van der Waals surface area contributed by atoms with Crippen LogP contribution in [0.4, 0.5) is 0 Å². The Morgan fingerprint density at radius 1 is 1.71 bits per heavy atom. The van der Waals surface area contributed by atoms with Crippen molar-refractivity contribution in [2.24, 2.45) is 11.1 Å². The number of rotatable bonds is 5. The SMILES string of the molecule is Cc1nc(CCNC(=O)C2(C(N)=S)CC2)cs1. The Balaban J connectivity index is 1.79. The molecule has 0 aliphatic heterocycles. The molecule has 1 aliphatic carbocycles. The average Bonchev–Trinajstić information content (AvgIpc) is 2.99. The van der Waals surface area contributed by atoms with Crippen molar-refractivity contribution in [2.45, 2.75) is 26.2 Å². The van der Waals surface area contributed by atoms with Gasteiger partial charge in [-0.05, 0) is 19.8 Å². The topological polar surface area (TPSA) is 68.0 Å². The van der Waals surface area contributed by atoms with Crippen molar-refractivity contribution in [2.75, 3.05) is 6.54 Å². The molecule has 4 nitrogen and oxygen atoms in total. The quantitative estimate of drug-likeness (QED) is 0.788. The number of nitrogens with two attached hydrogens (primary N) is 1. The van der Waals surface area contributed by atoms with E-state index in [1.54, 1.807) is 11.3 Å². The van der Waals surface area contributed by atoms with Crippen LogP contribution < -0.4 is 11.1 Å². The zero-order valence-electron chi connectivity index (χ0n) is 9.66. The van der Waals surface area contributed by atoms with Gasteiger partial charge in [0.05, 0.1) is 21.1 Å². The molecular formula is C11H15N3OS2. The number of thiazole rings is 1. The molecule has 92 valence electrons. The standard InChI is InChI=1S/C11H15N3OS2/c1-7-14-8(6-17-7)2-5-13-10(15)11(3-4-11)9(12)16/h6H,2-5H2,1H3,(H2,12,16)(H,13,15). The van der Waals surface area contributed by atoms with Crippen molar-refractivity contribution in [3.8, 4) is 0 Å². The van der Waals surface area contributed by atoms with Crippen molar-refractivity contribution >= 4 is 34.5 Å². The second kappa shape index (κ2) is 4.70.